The summed E-state index contributed by atoms with van der Waals surface area (Å²) in [6, 6.07) is 4.84. The van der Waals surface area contributed by atoms with Gasteiger partial charge in [0.05, 0.1) is 17.9 Å². The lowest BCUT2D eigenvalue weighted by Crippen LogP contribution is -2.43. The Labute approximate surface area is 112 Å². The first-order chi connectivity index (χ1) is 8.93. The summed E-state index contributed by atoms with van der Waals surface area (Å²) in [5.74, 6) is 0. The Morgan fingerprint density at radius 3 is 2.42 bits per heavy atom. The van der Waals surface area contributed by atoms with Crippen molar-refractivity contribution in [3.8, 4) is 0 Å². The molecule has 2 aliphatic rings. The standard InChI is InChI=1S/C12H17N3O3S/c13-8-1-4-11(12(5-8)19(14,16)17)15-6-9-2-3-10(7-15)18-9/h1,4-5,9-10H,2-3,6-7,13H2,(H2,14,16,17). The summed E-state index contributed by atoms with van der Waals surface area (Å²) >= 11 is 0. The number of fused-ring (bicyclic) bond motifs is 2. The molecule has 0 saturated carbocycles. The van der Waals surface area contributed by atoms with Gasteiger partial charge in [-0.1, -0.05) is 0 Å². The molecule has 2 saturated heterocycles. The molecule has 6 nitrogen and oxygen atoms in total. The van der Waals surface area contributed by atoms with Crippen LogP contribution in [-0.4, -0.2) is 33.7 Å². The van der Waals surface area contributed by atoms with Crippen LogP contribution in [0.4, 0.5) is 11.4 Å². The molecule has 0 amide bonds. The Balaban J connectivity index is 2.01. The largest absolute Gasteiger partial charge is 0.399 e. The van der Waals surface area contributed by atoms with E-state index in [1.165, 1.54) is 6.07 Å². The smallest absolute Gasteiger partial charge is 0.240 e. The third-order valence-electron chi connectivity index (χ3n) is 3.67. The van der Waals surface area contributed by atoms with Crippen molar-refractivity contribution in [2.45, 2.75) is 29.9 Å². The summed E-state index contributed by atoms with van der Waals surface area (Å²) in [7, 11) is -3.78. The minimum absolute atomic E-state index is 0.0915. The van der Waals surface area contributed by atoms with Crippen molar-refractivity contribution in [1.82, 2.24) is 0 Å². The van der Waals surface area contributed by atoms with Crippen LogP contribution in [0.15, 0.2) is 23.1 Å². The number of hydrogen-bond acceptors (Lipinski definition) is 5. The molecule has 2 bridgehead atoms. The van der Waals surface area contributed by atoms with Crippen molar-refractivity contribution in [3.05, 3.63) is 18.2 Å². The predicted molar refractivity (Wildman–Crippen MR) is 72.3 cm³/mol. The van der Waals surface area contributed by atoms with Gasteiger partial charge in [0.25, 0.3) is 0 Å². The van der Waals surface area contributed by atoms with Crippen LogP contribution in [0, 0.1) is 0 Å². The van der Waals surface area contributed by atoms with Crippen LogP contribution in [-0.2, 0) is 14.8 Å². The first-order valence-electron chi connectivity index (χ1n) is 6.26. The number of hydrogen-bond donors (Lipinski definition) is 2. The minimum atomic E-state index is -3.78. The van der Waals surface area contributed by atoms with Crippen LogP contribution in [0.3, 0.4) is 0 Å². The zero-order valence-corrected chi connectivity index (χ0v) is 11.3. The molecule has 2 unspecified atom stereocenters. The molecule has 19 heavy (non-hydrogen) atoms. The number of nitrogens with zero attached hydrogens (tertiary/aromatic N) is 1. The lowest BCUT2D eigenvalue weighted by atomic mass is 10.2. The molecule has 4 N–H and O–H groups in total. The first-order valence-corrected chi connectivity index (χ1v) is 7.81. The summed E-state index contributed by atoms with van der Waals surface area (Å²) < 4.78 is 29.1. The Kier molecular flexibility index (Phi) is 2.92. The van der Waals surface area contributed by atoms with Crippen molar-refractivity contribution in [2.75, 3.05) is 23.7 Å². The maximum atomic E-state index is 11.7. The quantitative estimate of drug-likeness (QED) is 0.760. The van der Waals surface area contributed by atoms with Crippen LogP contribution < -0.4 is 15.8 Å². The molecule has 2 aliphatic heterocycles. The number of nitrogens with two attached hydrogens (primary N) is 2. The maximum absolute atomic E-state index is 11.7. The highest BCUT2D eigenvalue weighted by Gasteiger charge is 2.35. The molecule has 2 atom stereocenters. The zero-order valence-electron chi connectivity index (χ0n) is 10.5. The second kappa shape index (κ2) is 4.36. The number of morpholine rings is 1. The summed E-state index contributed by atoms with van der Waals surface area (Å²) in [4.78, 5) is 2.12. The molecule has 0 aromatic heterocycles. The molecule has 0 radical (unpaired) electrons. The van der Waals surface area contributed by atoms with Gasteiger partial charge in [0, 0.05) is 18.8 Å². The number of anilines is 2. The van der Waals surface area contributed by atoms with Gasteiger partial charge >= 0.3 is 0 Å². The van der Waals surface area contributed by atoms with E-state index in [9.17, 15) is 8.42 Å². The van der Waals surface area contributed by atoms with Crippen molar-refractivity contribution in [3.63, 3.8) is 0 Å². The number of ether oxygens (including phenoxy) is 1. The number of primary sulfonamides is 1. The van der Waals surface area contributed by atoms with Gasteiger partial charge in [0.15, 0.2) is 0 Å². The van der Waals surface area contributed by atoms with Gasteiger partial charge in [0.2, 0.25) is 10.0 Å². The normalized spacial score (nSPS) is 26.7. The second-order valence-corrected chi connectivity index (χ2v) is 6.66. The van der Waals surface area contributed by atoms with Crippen molar-refractivity contribution >= 4 is 21.4 Å². The number of rotatable bonds is 2. The van der Waals surface area contributed by atoms with Crippen LogP contribution >= 0.6 is 0 Å². The molecule has 7 heteroatoms. The summed E-state index contributed by atoms with van der Waals surface area (Å²) in [6.07, 6.45) is 2.43. The van der Waals surface area contributed by atoms with E-state index in [-0.39, 0.29) is 17.1 Å². The molecule has 0 aliphatic carbocycles. The van der Waals surface area contributed by atoms with Gasteiger partial charge in [-0.25, -0.2) is 13.6 Å². The van der Waals surface area contributed by atoms with E-state index in [1.54, 1.807) is 12.1 Å². The summed E-state index contributed by atoms with van der Waals surface area (Å²) in [5, 5.41) is 5.28. The molecule has 0 spiro atoms. The average molecular weight is 283 g/mol. The Morgan fingerprint density at radius 2 is 1.84 bits per heavy atom. The topological polar surface area (TPSA) is 98.6 Å². The molecule has 2 fully saturated rings. The second-order valence-electron chi connectivity index (χ2n) is 5.13. The highest BCUT2D eigenvalue weighted by Crippen LogP contribution is 2.33. The summed E-state index contributed by atoms with van der Waals surface area (Å²) in [5.41, 5.74) is 6.67. The average Bonchev–Trinajstić information content (AvgIpc) is 2.67. The summed E-state index contributed by atoms with van der Waals surface area (Å²) in [6.45, 7) is 1.39. The predicted octanol–water partition coefficient (Wildman–Crippen LogP) is 0.284. The first kappa shape index (κ1) is 12.7. The van der Waals surface area contributed by atoms with Crippen molar-refractivity contribution in [2.24, 2.45) is 5.14 Å². The van der Waals surface area contributed by atoms with Gasteiger partial charge in [-0.15, -0.1) is 0 Å². The lowest BCUT2D eigenvalue weighted by Gasteiger charge is -2.34. The van der Waals surface area contributed by atoms with Crippen LogP contribution in [0.25, 0.3) is 0 Å². The molecule has 3 rings (SSSR count). The minimum Gasteiger partial charge on any atom is -0.399 e. The van der Waals surface area contributed by atoms with Crippen molar-refractivity contribution < 1.29 is 13.2 Å². The van der Waals surface area contributed by atoms with Crippen LogP contribution in [0.2, 0.25) is 0 Å². The monoisotopic (exact) mass is 283 g/mol. The number of benzene rings is 1. The van der Waals surface area contributed by atoms with Gasteiger partial charge in [-0.05, 0) is 31.0 Å². The molecule has 2 heterocycles. The van der Waals surface area contributed by atoms with Gasteiger partial charge in [-0.3, -0.25) is 0 Å². The highest BCUT2D eigenvalue weighted by atomic mass is 32.2. The van der Waals surface area contributed by atoms with Crippen LogP contribution in [0.5, 0.6) is 0 Å². The van der Waals surface area contributed by atoms with E-state index in [2.05, 4.69) is 0 Å². The van der Waals surface area contributed by atoms with Crippen molar-refractivity contribution in [1.29, 1.82) is 0 Å². The Hall–Kier alpha value is -1.31. The maximum Gasteiger partial charge on any atom is 0.240 e. The van der Waals surface area contributed by atoms with E-state index in [0.717, 1.165) is 12.8 Å². The van der Waals surface area contributed by atoms with E-state index in [0.29, 0.717) is 24.5 Å². The fourth-order valence-corrected chi connectivity index (χ4v) is 3.62. The van der Waals surface area contributed by atoms with Gasteiger partial charge < -0.3 is 15.4 Å². The fourth-order valence-electron chi connectivity index (χ4n) is 2.83. The van der Waals surface area contributed by atoms with Gasteiger partial charge in [0.1, 0.15) is 4.90 Å². The molecule has 1 aromatic carbocycles. The number of sulfonamides is 1. The van der Waals surface area contributed by atoms with E-state index >= 15 is 0 Å². The van der Waals surface area contributed by atoms with E-state index in [4.69, 9.17) is 15.6 Å². The fraction of sp³-hybridized carbons (Fsp3) is 0.500. The SMILES string of the molecule is Nc1ccc(N2CC3CCC(C2)O3)c(S(N)(=O)=O)c1. The molecular formula is C12H17N3O3S. The Morgan fingerprint density at radius 1 is 1.21 bits per heavy atom. The molecule has 1 aromatic rings. The third-order valence-corrected chi connectivity index (χ3v) is 4.61. The molecule has 104 valence electrons. The van der Waals surface area contributed by atoms with Crippen LogP contribution in [0.1, 0.15) is 12.8 Å². The third kappa shape index (κ3) is 2.41. The molecular weight excluding hydrogens is 266 g/mol. The van der Waals surface area contributed by atoms with E-state index < -0.39 is 10.0 Å². The zero-order chi connectivity index (χ0) is 13.6. The Bertz CT molecular complexity index is 590. The lowest BCUT2D eigenvalue weighted by molar-refractivity contribution is 0.0303. The van der Waals surface area contributed by atoms with E-state index in [1.807, 2.05) is 4.90 Å². The number of nitrogen functional groups attached to an aromatic ring is 1. The highest BCUT2D eigenvalue weighted by molar-refractivity contribution is 7.89. The van der Waals surface area contributed by atoms with Gasteiger partial charge in [-0.2, -0.15) is 0 Å².